The molecule has 0 spiro atoms. The minimum atomic E-state index is -0.0567. The maximum atomic E-state index is 5.08. The van der Waals surface area contributed by atoms with Crippen molar-refractivity contribution in [3.05, 3.63) is 35.9 Å². The molecule has 1 aliphatic heterocycles. The molecule has 1 aromatic carbocycles. The molecular weight excluding hydrogens is 164 g/mol. The minimum absolute atomic E-state index is 0.0567. The lowest BCUT2D eigenvalue weighted by molar-refractivity contribution is 0.0498. The van der Waals surface area contributed by atoms with Crippen molar-refractivity contribution >= 4 is 5.84 Å². The molecular formula is C10H12N2O. The number of hydroxylamine groups is 1. The van der Waals surface area contributed by atoms with E-state index in [1.54, 1.807) is 0 Å². The summed E-state index contributed by atoms with van der Waals surface area (Å²) >= 11 is 0. The molecule has 0 aromatic heterocycles. The zero-order valence-electron chi connectivity index (χ0n) is 7.53. The molecule has 0 bridgehead atoms. The van der Waals surface area contributed by atoms with Gasteiger partial charge in [-0.3, -0.25) is 5.48 Å². The number of hydrogen-bond donors (Lipinski definition) is 1. The van der Waals surface area contributed by atoms with Gasteiger partial charge in [-0.25, -0.2) is 9.83 Å². The summed E-state index contributed by atoms with van der Waals surface area (Å²) in [6, 6.07) is 10.2. The van der Waals surface area contributed by atoms with Gasteiger partial charge < -0.3 is 0 Å². The molecule has 0 fully saturated rings. The molecule has 1 N–H and O–H groups in total. The van der Waals surface area contributed by atoms with Gasteiger partial charge in [-0.1, -0.05) is 30.3 Å². The van der Waals surface area contributed by atoms with Gasteiger partial charge in [0.15, 0.2) is 6.23 Å². The van der Waals surface area contributed by atoms with E-state index in [9.17, 15) is 0 Å². The van der Waals surface area contributed by atoms with E-state index in [-0.39, 0.29) is 6.23 Å². The molecule has 13 heavy (non-hydrogen) atoms. The SMILES string of the molecule is CC1N=C(Cc2ccccc2)NO1. The Balaban J connectivity index is 2.03. The molecule has 68 valence electrons. The van der Waals surface area contributed by atoms with Crippen LogP contribution in [0, 0.1) is 0 Å². The molecule has 0 saturated heterocycles. The van der Waals surface area contributed by atoms with Crippen LogP contribution in [0.5, 0.6) is 0 Å². The molecule has 0 radical (unpaired) electrons. The van der Waals surface area contributed by atoms with E-state index in [1.807, 2.05) is 25.1 Å². The summed E-state index contributed by atoms with van der Waals surface area (Å²) in [5, 5.41) is 0. The first-order chi connectivity index (χ1) is 6.34. The van der Waals surface area contributed by atoms with Crippen LogP contribution in [0.15, 0.2) is 35.3 Å². The van der Waals surface area contributed by atoms with E-state index >= 15 is 0 Å². The molecule has 0 amide bonds. The normalized spacial score (nSPS) is 21.0. The number of nitrogens with one attached hydrogen (secondary N) is 1. The number of aliphatic imine (C=N–C) groups is 1. The van der Waals surface area contributed by atoms with E-state index < -0.39 is 0 Å². The summed E-state index contributed by atoms with van der Waals surface area (Å²) in [5.74, 6) is 0.902. The number of hydrogen-bond acceptors (Lipinski definition) is 3. The molecule has 0 saturated carbocycles. The van der Waals surface area contributed by atoms with Gasteiger partial charge in [0.2, 0.25) is 0 Å². The predicted octanol–water partition coefficient (Wildman–Crippen LogP) is 1.51. The Hall–Kier alpha value is -1.35. The van der Waals surface area contributed by atoms with Gasteiger partial charge in [0, 0.05) is 6.42 Å². The van der Waals surface area contributed by atoms with Crippen molar-refractivity contribution in [3.63, 3.8) is 0 Å². The molecule has 1 unspecified atom stereocenters. The quantitative estimate of drug-likeness (QED) is 0.741. The largest absolute Gasteiger partial charge is 0.250 e. The summed E-state index contributed by atoms with van der Waals surface area (Å²) in [5.41, 5.74) is 4.05. The highest BCUT2D eigenvalue weighted by atomic mass is 16.7. The van der Waals surface area contributed by atoms with Crippen molar-refractivity contribution in [1.82, 2.24) is 5.48 Å². The molecule has 3 heteroatoms. The van der Waals surface area contributed by atoms with Crippen LogP contribution < -0.4 is 5.48 Å². The van der Waals surface area contributed by atoms with Crippen LogP contribution in [0.3, 0.4) is 0 Å². The van der Waals surface area contributed by atoms with Gasteiger partial charge in [0.1, 0.15) is 5.84 Å². The lowest BCUT2D eigenvalue weighted by Gasteiger charge is -2.00. The highest BCUT2D eigenvalue weighted by Gasteiger charge is 2.12. The van der Waals surface area contributed by atoms with E-state index in [0.29, 0.717) is 0 Å². The Labute approximate surface area is 77.4 Å². The fourth-order valence-corrected chi connectivity index (χ4v) is 1.30. The number of nitrogens with zero attached hydrogens (tertiary/aromatic N) is 1. The second-order valence-electron chi connectivity index (χ2n) is 3.06. The Bertz CT molecular complexity index is 308. The van der Waals surface area contributed by atoms with Crippen LogP contribution >= 0.6 is 0 Å². The lowest BCUT2D eigenvalue weighted by Crippen LogP contribution is -2.19. The van der Waals surface area contributed by atoms with Gasteiger partial charge in [-0.05, 0) is 12.5 Å². The Morgan fingerprint density at radius 3 is 2.77 bits per heavy atom. The van der Waals surface area contributed by atoms with E-state index in [2.05, 4.69) is 22.6 Å². The zero-order valence-corrected chi connectivity index (χ0v) is 7.53. The molecule has 0 aliphatic carbocycles. The van der Waals surface area contributed by atoms with E-state index in [1.165, 1.54) is 5.56 Å². The summed E-state index contributed by atoms with van der Waals surface area (Å²) in [6.07, 6.45) is 0.754. The van der Waals surface area contributed by atoms with Crippen LogP contribution in [0.1, 0.15) is 12.5 Å². The molecule has 2 rings (SSSR count). The van der Waals surface area contributed by atoms with Gasteiger partial charge in [0.25, 0.3) is 0 Å². The first kappa shape index (κ1) is 8.26. The topological polar surface area (TPSA) is 33.6 Å². The van der Waals surface area contributed by atoms with Crippen molar-refractivity contribution < 1.29 is 4.84 Å². The Morgan fingerprint density at radius 1 is 1.38 bits per heavy atom. The molecule has 3 nitrogen and oxygen atoms in total. The van der Waals surface area contributed by atoms with Crippen LogP contribution in [0.4, 0.5) is 0 Å². The van der Waals surface area contributed by atoms with Crippen molar-refractivity contribution in [2.24, 2.45) is 4.99 Å². The fourth-order valence-electron chi connectivity index (χ4n) is 1.30. The molecule has 1 heterocycles. The molecule has 1 aliphatic rings. The standard InChI is InChI=1S/C10H12N2O/c1-8-11-10(12-13-8)7-9-5-3-2-4-6-9/h2-6,8H,7H2,1H3,(H,11,12). The predicted molar refractivity (Wildman–Crippen MR) is 51.3 cm³/mol. The van der Waals surface area contributed by atoms with E-state index in [4.69, 9.17) is 4.84 Å². The summed E-state index contributed by atoms with van der Waals surface area (Å²) in [4.78, 5) is 9.35. The van der Waals surface area contributed by atoms with Crippen molar-refractivity contribution in [3.8, 4) is 0 Å². The number of rotatable bonds is 2. The summed E-state index contributed by atoms with van der Waals surface area (Å²) < 4.78 is 0. The highest BCUT2D eigenvalue weighted by Crippen LogP contribution is 2.05. The minimum Gasteiger partial charge on any atom is -0.250 e. The van der Waals surface area contributed by atoms with Crippen LogP contribution in [0.25, 0.3) is 0 Å². The summed E-state index contributed by atoms with van der Waals surface area (Å²) in [6.45, 7) is 1.91. The molecule has 1 atom stereocenters. The Morgan fingerprint density at radius 2 is 2.15 bits per heavy atom. The first-order valence-electron chi connectivity index (χ1n) is 4.37. The number of amidine groups is 1. The van der Waals surface area contributed by atoms with Crippen LogP contribution in [-0.2, 0) is 11.3 Å². The van der Waals surface area contributed by atoms with Gasteiger partial charge >= 0.3 is 0 Å². The second-order valence-corrected chi connectivity index (χ2v) is 3.06. The van der Waals surface area contributed by atoms with Gasteiger partial charge in [0.05, 0.1) is 0 Å². The monoisotopic (exact) mass is 176 g/mol. The van der Waals surface area contributed by atoms with Crippen molar-refractivity contribution in [2.45, 2.75) is 19.6 Å². The smallest absolute Gasteiger partial charge is 0.174 e. The summed E-state index contributed by atoms with van der Waals surface area (Å²) in [7, 11) is 0. The average Bonchev–Trinajstić information content (AvgIpc) is 2.53. The maximum Gasteiger partial charge on any atom is 0.174 e. The third-order valence-electron chi connectivity index (χ3n) is 1.90. The lowest BCUT2D eigenvalue weighted by atomic mass is 10.1. The third kappa shape index (κ3) is 2.06. The highest BCUT2D eigenvalue weighted by molar-refractivity contribution is 5.84. The average molecular weight is 176 g/mol. The van der Waals surface area contributed by atoms with Gasteiger partial charge in [-0.15, -0.1) is 0 Å². The third-order valence-corrected chi connectivity index (χ3v) is 1.90. The van der Waals surface area contributed by atoms with Crippen LogP contribution in [-0.4, -0.2) is 12.1 Å². The van der Waals surface area contributed by atoms with Crippen molar-refractivity contribution in [1.29, 1.82) is 0 Å². The first-order valence-corrected chi connectivity index (χ1v) is 4.37. The van der Waals surface area contributed by atoms with Gasteiger partial charge in [-0.2, -0.15) is 0 Å². The fraction of sp³-hybridized carbons (Fsp3) is 0.300. The zero-order chi connectivity index (χ0) is 9.10. The van der Waals surface area contributed by atoms with E-state index in [0.717, 1.165) is 12.3 Å². The van der Waals surface area contributed by atoms with Crippen molar-refractivity contribution in [2.75, 3.05) is 0 Å². The Kier molecular flexibility index (Phi) is 2.27. The second kappa shape index (κ2) is 3.58. The maximum absolute atomic E-state index is 5.08. The number of benzene rings is 1. The van der Waals surface area contributed by atoms with Crippen LogP contribution in [0.2, 0.25) is 0 Å². The molecule has 1 aromatic rings.